The third kappa shape index (κ3) is 5.63. The summed E-state index contributed by atoms with van der Waals surface area (Å²) in [5.41, 5.74) is 1.92. The minimum Gasteiger partial charge on any atom is -0.494 e. The van der Waals surface area contributed by atoms with E-state index >= 15 is 0 Å². The number of aliphatic hydroxyl groups is 1. The number of rotatable bonds is 8. The largest absolute Gasteiger partial charge is 0.494 e. The molecule has 0 unspecified atom stereocenters. The zero-order chi connectivity index (χ0) is 25.9. The molecular formula is C24H29ClN6O4S. The van der Waals surface area contributed by atoms with E-state index in [2.05, 4.69) is 30.5 Å². The van der Waals surface area contributed by atoms with Gasteiger partial charge in [-0.05, 0) is 51.0 Å². The number of piperidine rings is 1. The van der Waals surface area contributed by atoms with Crippen LogP contribution in [0.5, 0.6) is 5.75 Å². The Morgan fingerprint density at radius 2 is 1.89 bits per heavy atom. The molecule has 3 N–H and O–H groups in total. The summed E-state index contributed by atoms with van der Waals surface area (Å²) < 4.78 is 31.1. The topological polar surface area (TPSA) is 130 Å². The molecule has 0 radical (unpaired) electrons. The SMILES string of the molecule is COc1cc(N2CCC(O)CC2)ccc1Nc1ncc(Cl)c(Nc2cccnc2S(=O)(=O)C(C)C)n1. The van der Waals surface area contributed by atoms with Gasteiger partial charge in [-0.15, -0.1) is 0 Å². The maximum absolute atomic E-state index is 12.8. The second-order valence-corrected chi connectivity index (χ2v) is 11.5. The number of halogens is 1. The Morgan fingerprint density at radius 1 is 1.14 bits per heavy atom. The Morgan fingerprint density at radius 3 is 2.58 bits per heavy atom. The van der Waals surface area contributed by atoms with Crippen molar-refractivity contribution in [1.82, 2.24) is 15.0 Å². The monoisotopic (exact) mass is 532 g/mol. The Balaban J connectivity index is 1.58. The predicted octanol–water partition coefficient (Wildman–Crippen LogP) is 4.16. The number of aromatic nitrogens is 3. The van der Waals surface area contributed by atoms with Gasteiger partial charge in [0.1, 0.15) is 10.8 Å². The third-order valence-electron chi connectivity index (χ3n) is 5.92. The average Bonchev–Trinajstić information content (AvgIpc) is 2.87. The number of hydrogen-bond acceptors (Lipinski definition) is 10. The van der Waals surface area contributed by atoms with Crippen LogP contribution in [0.1, 0.15) is 26.7 Å². The van der Waals surface area contributed by atoms with Gasteiger partial charge < -0.3 is 25.4 Å². The average molecular weight is 533 g/mol. The minimum absolute atomic E-state index is 0.0772. The fourth-order valence-electron chi connectivity index (χ4n) is 3.80. The summed E-state index contributed by atoms with van der Waals surface area (Å²) in [5, 5.41) is 15.4. The number of nitrogens with zero attached hydrogens (tertiary/aromatic N) is 4. The van der Waals surface area contributed by atoms with Crippen molar-refractivity contribution in [2.24, 2.45) is 0 Å². The van der Waals surface area contributed by atoms with E-state index in [0.29, 0.717) is 11.4 Å². The lowest BCUT2D eigenvalue weighted by molar-refractivity contribution is 0.145. The summed E-state index contributed by atoms with van der Waals surface area (Å²) in [6.45, 7) is 4.74. The molecule has 4 rings (SSSR count). The maximum Gasteiger partial charge on any atom is 0.229 e. The van der Waals surface area contributed by atoms with Crippen molar-refractivity contribution in [2.75, 3.05) is 35.7 Å². The lowest BCUT2D eigenvalue weighted by atomic mass is 10.1. The van der Waals surface area contributed by atoms with E-state index in [1.54, 1.807) is 33.1 Å². The minimum atomic E-state index is -3.63. The Bertz CT molecular complexity index is 1330. The highest BCUT2D eigenvalue weighted by Gasteiger charge is 2.25. The van der Waals surface area contributed by atoms with Crippen LogP contribution in [-0.2, 0) is 9.84 Å². The van der Waals surface area contributed by atoms with E-state index in [0.717, 1.165) is 31.6 Å². The molecule has 0 amide bonds. The molecule has 0 atom stereocenters. The maximum atomic E-state index is 12.8. The first kappa shape index (κ1) is 25.9. The molecule has 1 fully saturated rings. The van der Waals surface area contributed by atoms with Crippen LogP contribution in [0.3, 0.4) is 0 Å². The van der Waals surface area contributed by atoms with Gasteiger partial charge in [0.15, 0.2) is 20.7 Å². The zero-order valence-electron chi connectivity index (χ0n) is 20.3. The van der Waals surface area contributed by atoms with Gasteiger partial charge >= 0.3 is 0 Å². The molecule has 12 heteroatoms. The number of anilines is 5. The van der Waals surface area contributed by atoms with Crippen LogP contribution in [0.2, 0.25) is 5.02 Å². The van der Waals surface area contributed by atoms with Crippen LogP contribution in [0, 0.1) is 0 Å². The lowest BCUT2D eigenvalue weighted by Crippen LogP contribution is -2.35. The molecule has 3 aromatic rings. The van der Waals surface area contributed by atoms with Gasteiger partial charge in [0.05, 0.1) is 36.0 Å². The summed E-state index contributed by atoms with van der Waals surface area (Å²) in [6, 6.07) is 9.00. The van der Waals surface area contributed by atoms with E-state index in [9.17, 15) is 13.5 Å². The zero-order valence-corrected chi connectivity index (χ0v) is 21.8. The first-order chi connectivity index (χ1) is 17.2. The first-order valence-corrected chi connectivity index (χ1v) is 13.5. The van der Waals surface area contributed by atoms with Crippen molar-refractivity contribution in [3.8, 4) is 5.75 Å². The quantitative estimate of drug-likeness (QED) is 0.388. The Kier molecular flexibility index (Phi) is 7.82. The fraction of sp³-hybridized carbons (Fsp3) is 0.375. The molecule has 2 aromatic heterocycles. The first-order valence-electron chi connectivity index (χ1n) is 11.6. The lowest BCUT2D eigenvalue weighted by Gasteiger charge is -2.31. The molecule has 0 spiro atoms. The molecule has 36 heavy (non-hydrogen) atoms. The molecule has 0 bridgehead atoms. The van der Waals surface area contributed by atoms with E-state index in [1.807, 2.05) is 18.2 Å². The highest BCUT2D eigenvalue weighted by molar-refractivity contribution is 7.92. The van der Waals surface area contributed by atoms with Crippen LogP contribution in [0.15, 0.2) is 47.8 Å². The number of pyridine rings is 1. The van der Waals surface area contributed by atoms with Crippen molar-refractivity contribution < 1.29 is 18.3 Å². The molecule has 1 saturated heterocycles. The van der Waals surface area contributed by atoms with Crippen molar-refractivity contribution >= 4 is 50.3 Å². The Hall–Kier alpha value is -3.15. The smallest absolute Gasteiger partial charge is 0.229 e. The molecule has 0 saturated carbocycles. The molecule has 1 aromatic carbocycles. The number of benzene rings is 1. The summed E-state index contributed by atoms with van der Waals surface area (Å²) in [6.07, 6.45) is 4.06. The molecule has 1 aliphatic rings. The van der Waals surface area contributed by atoms with Crippen LogP contribution in [0.25, 0.3) is 0 Å². The highest BCUT2D eigenvalue weighted by Crippen LogP contribution is 2.34. The second-order valence-electron chi connectivity index (χ2n) is 8.69. The van der Waals surface area contributed by atoms with E-state index in [4.69, 9.17) is 16.3 Å². The number of nitrogens with one attached hydrogen (secondary N) is 2. The predicted molar refractivity (Wildman–Crippen MR) is 141 cm³/mol. The van der Waals surface area contributed by atoms with E-state index in [-0.39, 0.29) is 33.6 Å². The van der Waals surface area contributed by atoms with Crippen LogP contribution in [0.4, 0.5) is 28.8 Å². The fourth-order valence-corrected chi connectivity index (χ4v) is 5.02. The van der Waals surface area contributed by atoms with E-state index < -0.39 is 15.1 Å². The number of sulfone groups is 1. The van der Waals surface area contributed by atoms with Crippen molar-refractivity contribution in [3.05, 3.63) is 47.7 Å². The number of hydrogen-bond donors (Lipinski definition) is 3. The summed E-state index contributed by atoms with van der Waals surface area (Å²) >= 11 is 6.32. The van der Waals surface area contributed by atoms with Gasteiger partial charge in [-0.1, -0.05) is 11.6 Å². The van der Waals surface area contributed by atoms with Gasteiger partial charge in [0, 0.05) is 31.0 Å². The molecule has 192 valence electrons. The summed E-state index contributed by atoms with van der Waals surface area (Å²) in [4.78, 5) is 15.0. The molecule has 0 aliphatic carbocycles. The van der Waals surface area contributed by atoms with Crippen LogP contribution in [-0.4, -0.2) is 60.0 Å². The number of ether oxygens (including phenoxy) is 1. The van der Waals surface area contributed by atoms with Crippen molar-refractivity contribution in [3.63, 3.8) is 0 Å². The van der Waals surface area contributed by atoms with Crippen molar-refractivity contribution in [2.45, 2.75) is 43.1 Å². The highest BCUT2D eigenvalue weighted by atomic mass is 35.5. The van der Waals surface area contributed by atoms with E-state index in [1.165, 1.54) is 12.4 Å². The van der Waals surface area contributed by atoms with Crippen LogP contribution < -0.4 is 20.3 Å². The third-order valence-corrected chi connectivity index (χ3v) is 8.30. The Labute approximate surface area is 215 Å². The summed E-state index contributed by atoms with van der Waals surface area (Å²) in [7, 11) is -2.05. The summed E-state index contributed by atoms with van der Waals surface area (Å²) in [5.74, 6) is 1.07. The molecule has 3 heterocycles. The van der Waals surface area contributed by atoms with Gasteiger partial charge in [-0.2, -0.15) is 4.98 Å². The van der Waals surface area contributed by atoms with Gasteiger partial charge in [0.2, 0.25) is 5.95 Å². The molecular weight excluding hydrogens is 504 g/mol. The number of aliphatic hydroxyl groups excluding tert-OH is 1. The van der Waals surface area contributed by atoms with Gasteiger partial charge in [0.25, 0.3) is 0 Å². The molecule has 1 aliphatic heterocycles. The van der Waals surface area contributed by atoms with Gasteiger partial charge in [-0.3, -0.25) is 0 Å². The van der Waals surface area contributed by atoms with Gasteiger partial charge in [-0.25, -0.2) is 18.4 Å². The normalized spacial score (nSPS) is 14.7. The van der Waals surface area contributed by atoms with Crippen molar-refractivity contribution in [1.29, 1.82) is 0 Å². The standard InChI is InChI=1S/C24H29ClN6O4S/c1-15(2)36(33,34)23-20(5-4-10-26-23)28-22-18(25)14-27-24(30-22)29-19-7-6-16(13-21(19)35-3)31-11-8-17(32)9-12-31/h4-7,10,13-15,17,32H,8-9,11-12H2,1-3H3,(H2,27,28,29,30). The number of methoxy groups -OCH3 is 1. The molecule has 10 nitrogen and oxygen atoms in total. The van der Waals surface area contributed by atoms with Crippen LogP contribution >= 0.6 is 11.6 Å². The second kappa shape index (κ2) is 10.9.